The average molecular weight is 708 g/mol. The Morgan fingerprint density at radius 2 is 1.83 bits per heavy atom. The summed E-state index contributed by atoms with van der Waals surface area (Å²) in [6.07, 6.45) is 1.93. The zero-order chi connectivity index (χ0) is 36.4. The van der Waals surface area contributed by atoms with Crippen LogP contribution in [-0.2, 0) is 26.3 Å². The number of hydrogen-bond donors (Lipinski definition) is 1. The zero-order valence-electron chi connectivity index (χ0n) is 28.8. The van der Waals surface area contributed by atoms with Gasteiger partial charge in [0.05, 0.1) is 42.3 Å². The van der Waals surface area contributed by atoms with Crippen molar-refractivity contribution in [3.05, 3.63) is 70.5 Å². The number of anilines is 2. The fourth-order valence-electron chi connectivity index (χ4n) is 7.69. The van der Waals surface area contributed by atoms with Crippen molar-refractivity contribution in [2.24, 2.45) is 12.5 Å². The third-order valence-electron chi connectivity index (χ3n) is 10.8. The molecule has 0 radical (unpaired) electrons. The molecule has 2 aromatic heterocycles. The number of nitrogens with one attached hydrogen (secondary N) is 1. The molecule has 0 atom stereocenters. The van der Waals surface area contributed by atoms with Crippen LogP contribution >= 0.6 is 0 Å². The number of nitrogens with zero attached hydrogens (tertiary/aromatic N) is 8. The van der Waals surface area contributed by atoms with Crippen LogP contribution in [0.4, 0.5) is 24.8 Å². The molecule has 14 heteroatoms. The van der Waals surface area contributed by atoms with Crippen LogP contribution in [0, 0.1) is 28.1 Å². The lowest BCUT2D eigenvalue weighted by Gasteiger charge is -2.21. The number of carbonyl (C=O) groups is 1. The highest BCUT2D eigenvalue weighted by molar-refractivity contribution is 6.10. The van der Waals surface area contributed by atoms with E-state index in [2.05, 4.69) is 32.6 Å². The predicted octanol–water partition coefficient (Wildman–Crippen LogP) is 6.84. The third-order valence-corrected chi connectivity index (χ3v) is 10.8. The number of aromatic nitrogens is 4. The normalized spacial score (nSPS) is 18.3. The second kappa shape index (κ2) is 12.3. The molecule has 2 aromatic carbocycles. The summed E-state index contributed by atoms with van der Waals surface area (Å²) in [5.41, 5.74) is 1.31. The second-order valence-electron chi connectivity index (χ2n) is 14.6. The van der Waals surface area contributed by atoms with Crippen molar-refractivity contribution < 1.29 is 22.7 Å². The summed E-state index contributed by atoms with van der Waals surface area (Å²) in [7, 11) is 1.78. The maximum atomic E-state index is 14.7. The van der Waals surface area contributed by atoms with Crippen LogP contribution in [0.25, 0.3) is 22.5 Å². The molecule has 4 heterocycles. The molecule has 1 spiro atoms. The van der Waals surface area contributed by atoms with Gasteiger partial charge in [-0.05, 0) is 110 Å². The Labute approximate surface area is 298 Å². The monoisotopic (exact) mass is 707 g/mol. The van der Waals surface area contributed by atoms with Gasteiger partial charge in [-0.15, -0.1) is 10.2 Å². The van der Waals surface area contributed by atoms with Gasteiger partial charge in [0.2, 0.25) is 0 Å². The minimum atomic E-state index is -4.67. The molecule has 52 heavy (non-hydrogen) atoms. The number of benzene rings is 2. The average Bonchev–Trinajstić information content (AvgIpc) is 3.90. The van der Waals surface area contributed by atoms with E-state index >= 15 is 0 Å². The van der Waals surface area contributed by atoms with Gasteiger partial charge >= 0.3 is 6.18 Å². The third kappa shape index (κ3) is 6.11. The summed E-state index contributed by atoms with van der Waals surface area (Å²) in [5, 5.41) is 31.4. The summed E-state index contributed by atoms with van der Waals surface area (Å²) in [6, 6.07) is 14.0. The van der Waals surface area contributed by atoms with Crippen LogP contribution in [0.15, 0.2) is 42.7 Å². The smallest absolute Gasteiger partial charge is 0.416 e. The molecule has 1 amide bonds. The first-order chi connectivity index (χ1) is 24.9. The molecule has 1 saturated heterocycles. The van der Waals surface area contributed by atoms with E-state index in [9.17, 15) is 28.5 Å². The van der Waals surface area contributed by atoms with E-state index < -0.39 is 23.2 Å². The summed E-state index contributed by atoms with van der Waals surface area (Å²) < 4.78 is 51.5. The Kier molecular flexibility index (Phi) is 7.99. The largest absolute Gasteiger partial charge is 0.492 e. The molecule has 4 aliphatic rings. The van der Waals surface area contributed by atoms with E-state index in [1.54, 1.807) is 48.3 Å². The molecule has 1 N–H and O–H groups in total. The number of fused-ring (bicyclic) bond motifs is 1. The van der Waals surface area contributed by atoms with Crippen molar-refractivity contribution in [3.63, 3.8) is 0 Å². The number of halogens is 3. The summed E-state index contributed by atoms with van der Waals surface area (Å²) in [4.78, 5) is 22.5. The number of carbonyl (C=O) groups excluding carboxylic acids is 1. The Bertz CT molecular complexity index is 2190. The molecule has 266 valence electrons. The van der Waals surface area contributed by atoms with Gasteiger partial charge in [-0.2, -0.15) is 23.7 Å². The lowest BCUT2D eigenvalue weighted by molar-refractivity contribution is -0.138. The molecule has 2 aliphatic carbocycles. The molecular weight excluding hydrogens is 671 g/mol. The number of likely N-dealkylation sites (tertiary alicyclic amines) is 1. The van der Waals surface area contributed by atoms with Crippen molar-refractivity contribution in [1.82, 2.24) is 24.6 Å². The van der Waals surface area contributed by atoms with E-state index in [1.165, 1.54) is 11.0 Å². The summed E-state index contributed by atoms with van der Waals surface area (Å²) in [6.45, 7) is 3.84. The fraction of sp³-hybridized carbons (Fsp3) is 0.421. The van der Waals surface area contributed by atoms with Crippen LogP contribution in [0.2, 0.25) is 0 Å². The first kappa shape index (κ1) is 33.7. The van der Waals surface area contributed by atoms with Crippen molar-refractivity contribution >= 4 is 17.5 Å². The highest BCUT2D eigenvalue weighted by Gasteiger charge is 2.48. The van der Waals surface area contributed by atoms with Crippen LogP contribution in [0.5, 0.6) is 5.75 Å². The molecule has 8 rings (SSSR count). The molecule has 0 unspecified atom stereocenters. The number of aryl methyl sites for hydroxylation is 1. The van der Waals surface area contributed by atoms with Gasteiger partial charge in [0.1, 0.15) is 29.8 Å². The van der Waals surface area contributed by atoms with Crippen LogP contribution in [-0.4, -0.2) is 55.8 Å². The van der Waals surface area contributed by atoms with Crippen LogP contribution in [0.3, 0.4) is 0 Å². The zero-order valence-corrected chi connectivity index (χ0v) is 28.8. The van der Waals surface area contributed by atoms with Gasteiger partial charge in [0.15, 0.2) is 5.82 Å². The number of nitriles is 2. The number of alkyl halides is 3. The van der Waals surface area contributed by atoms with Gasteiger partial charge in [-0.25, -0.2) is 4.98 Å². The second-order valence-corrected chi connectivity index (χ2v) is 14.6. The van der Waals surface area contributed by atoms with Crippen molar-refractivity contribution in [3.8, 4) is 40.4 Å². The van der Waals surface area contributed by atoms with Crippen molar-refractivity contribution in [2.45, 2.75) is 70.3 Å². The summed E-state index contributed by atoms with van der Waals surface area (Å²) >= 11 is 0. The lowest BCUT2D eigenvalue weighted by atomic mass is 9.96. The predicted molar refractivity (Wildman–Crippen MR) is 185 cm³/mol. The van der Waals surface area contributed by atoms with Gasteiger partial charge in [0, 0.05) is 31.3 Å². The van der Waals surface area contributed by atoms with Crippen molar-refractivity contribution in [1.29, 1.82) is 10.5 Å². The fourth-order valence-corrected chi connectivity index (χ4v) is 7.69. The van der Waals surface area contributed by atoms with Crippen LogP contribution in [0.1, 0.15) is 78.1 Å². The number of pyridine rings is 1. The number of rotatable bonds is 10. The Balaban J connectivity index is 1.24. The first-order valence-corrected chi connectivity index (χ1v) is 17.4. The van der Waals surface area contributed by atoms with Gasteiger partial charge in [-0.3, -0.25) is 14.6 Å². The topological polar surface area (TPSA) is 136 Å². The van der Waals surface area contributed by atoms with E-state index in [0.29, 0.717) is 58.2 Å². The van der Waals surface area contributed by atoms with Crippen molar-refractivity contribution in [2.75, 3.05) is 29.9 Å². The maximum absolute atomic E-state index is 14.7. The molecule has 3 fully saturated rings. The number of ether oxygens (including phenoxy) is 1. The van der Waals surface area contributed by atoms with E-state index in [-0.39, 0.29) is 35.5 Å². The molecular formula is C38H36F3N9O2. The standard InChI is InChI=1S/C38H36F3N9O2/c1-3-52-31-17-27(34-47-44-22-48(34)2)26(14-25(31)18-43)24-15-32(46-37(6-7-37)8-10-42)45-33(16-24)50-20-29-28(35(50)51)12-23(13-30(29)38(39,40)41)19-49-11-9-36(21-49)4-5-36/h12-17,22H,3-9,11,19-21H2,1-2H3,(H,45,46). The molecule has 2 saturated carbocycles. The summed E-state index contributed by atoms with van der Waals surface area (Å²) in [5.74, 6) is 0.741. The minimum Gasteiger partial charge on any atom is -0.492 e. The lowest BCUT2D eigenvalue weighted by Crippen LogP contribution is -2.26. The number of hydrogen-bond acceptors (Lipinski definition) is 9. The van der Waals surface area contributed by atoms with Gasteiger partial charge in [-0.1, -0.05) is 0 Å². The van der Waals surface area contributed by atoms with Crippen LogP contribution < -0.4 is 15.0 Å². The molecule has 4 aromatic rings. The van der Waals surface area contributed by atoms with E-state index in [4.69, 9.17) is 9.72 Å². The SMILES string of the molecule is CCOc1cc(-c2nncn2C)c(-c2cc(NC3(CC#N)CC3)nc(N3Cc4c(cc(CN5CCC6(CC6)C5)cc4C(F)(F)F)C3=O)c2)cc1C#N. The first-order valence-electron chi connectivity index (χ1n) is 17.4. The minimum absolute atomic E-state index is 0.0163. The maximum Gasteiger partial charge on any atom is 0.416 e. The Morgan fingerprint density at radius 3 is 2.46 bits per heavy atom. The highest BCUT2D eigenvalue weighted by Crippen LogP contribution is 2.53. The molecule has 2 aliphatic heterocycles. The van der Waals surface area contributed by atoms with Gasteiger partial charge < -0.3 is 14.6 Å². The van der Waals surface area contributed by atoms with E-state index in [0.717, 1.165) is 45.2 Å². The Morgan fingerprint density at radius 1 is 1.02 bits per heavy atom. The molecule has 0 bridgehead atoms. The Hall–Kier alpha value is -5.47. The number of amides is 1. The molecule has 11 nitrogen and oxygen atoms in total. The highest BCUT2D eigenvalue weighted by atomic mass is 19.4. The van der Waals surface area contributed by atoms with Gasteiger partial charge in [0.25, 0.3) is 5.91 Å². The quantitative estimate of drug-likeness (QED) is 0.188. The van der Waals surface area contributed by atoms with E-state index in [1.807, 2.05) is 6.92 Å².